The minimum Gasteiger partial charge on any atom is -0.512 e. The molecule has 0 unspecified atom stereocenters. The van der Waals surface area contributed by atoms with Gasteiger partial charge in [-0.3, -0.25) is 9.78 Å². The van der Waals surface area contributed by atoms with E-state index in [1.165, 1.54) is 55.6 Å². The quantitative estimate of drug-likeness (QED) is 0.0972. The summed E-state index contributed by atoms with van der Waals surface area (Å²) in [4.78, 5) is 16.6. The summed E-state index contributed by atoms with van der Waals surface area (Å²) < 4.78 is 23.1. The van der Waals surface area contributed by atoms with E-state index in [0.717, 1.165) is 60.4 Å². The minimum absolute atomic E-state index is 0. The number of allylic oxidation sites excluding steroid dienone is 2. The van der Waals surface area contributed by atoms with Crippen LogP contribution in [0.25, 0.3) is 22.2 Å². The van der Waals surface area contributed by atoms with Crippen molar-refractivity contribution in [3.8, 4) is 11.3 Å². The Balaban J connectivity index is 0.000000378. The molecule has 1 aliphatic carbocycles. The van der Waals surface area contributed by atoms with E-state index in [-0.39, 0.29) is 49.0 Å². The summed E-state index contributed by atoms with van der Waals surface area (Å²) >= 11 is 0. The summed E-state index contributed by atoms with van der Waals surface area (Å²) in [6, 6.07) is 17.2. The minimum atomic E-state index is -2.16. The van der Waals surface area contributed by atoms with E-state index in [9.17, 15) is 9.90 Å². The first kappa shape index (κ1) is 31.1. The summed E-state index contributed by atoms with van der Waals surface area (Å²) in [6.07, 6.45) is 14.2. The Kier molecular flexibility index (Phi) is 13.6. The summed E-state index contributed by atoms with van der Waals surface area (Å²) in [5.74, 6) is 1.32. The fourth-order valence-electron chi connectivity index (χ4n) is 6.06. The number of aromatic nitrogens is 1. The largest absolute Gasteiger partial charge is 0.512 e. The molecule has 1 saturated carbocycles. The number of aryl methyl sites for hydroxylation is 2. The number of carbonyl (C=O) groups is 1. The van der Waals surface area contributed by atoms with Crippen LogP contribution in [0, 0.1) is 37.6 Å². The van der Waals surface area contributed by atoms with Crippen molar-refractivity contribution in [3.63, 3.8) is 0 Å². The molecule has 2 aromatic carbocycles. The van der Waals surface area contributed by atoms with Gasteiger partial charge in [-0.1, -0.05) is 104 Å². The molecule has 1 aliphatic rings. The Morgan fingerprint density at radius 2 is 1.67 bits per heavy atom. The summed E-state index contributed by atoms with van der Waals surface area (Å²) in [5.41, 5.74) is 5.03. The van der Waals surface area contributed by atoms with Crippen LogP contribution in [0.15, 0.2) is 54.3 Å². The van der Waals surface area contributed by atoms with Gasteiger partial charge in [0.1, 0.15) is 0 Å². The summed E-state index contributed by atoms with van der Waals surface area (Å²) in [6.45, 7) is 7.82. The summed E-state index contributed by atoms with van der Waals surface area (Å²) in [7, 11) is 0. The number of carbonyl (C=O) groups excluding carboxylic acids is 1. The van der Waals surface area contributed by atoms with Gasteiger partial charge in [-0.05, 0) is 55.3 Å². The molecule has 3 nitrogen and oxygen atoms in total. The third-order valence-electron chi connectivity index (χ3n) is 8.68. The van der Waals surface area contributed by atoms with Crippen molar-refractivity contribution in [3.05, 3.63) is 77.1 Å². The maximum Gasteiger partial charge on any atom is 0.162 e. The number of pyridine rings is 1. The molecule has 0 spiro atoms. The second kappa shape index (κ2) is 18.4. The molecule has 1 N–H and O–H groups in total. The van der Waals surface area contributed by atoms with Crippen LogP contribution in [0.2, 0.25) is 0 Å². The standard InChI is InChI=1S/C25H28N.C13H24O2.Ir/c1-18-14-19(2)16-22(15-18)24-13-12-23-21(10-7-11-25(23)26-24)17-20-8-5-3-4-6-9-20;1-5-10(6-2)12(14)9-13(15)11(7-3)8-4;/h7,10-15,20H,3-6,8-9,17H2,1-2H3;9-11,14H,5-8H2,1-4H3;/q-1;;/i2D3;;. The van der Waals surface area contributed by atoms with Crippen LogP contribution < -0.4 is 0 Å². The van der Waals surface area contributed by atoms with Crippen LogP contribution in [0.4, 0.5) is 0 Å². The predicted octanol–water partition coefficient (Wildman–Crippen LogP) is 10.7. The van der Waals surface area contributed by atoms with E-state index in [2.05, 4.69) is 30.3 Å². The third-order valence-corrected chi connectivity index (χ3v) is 8.68. The van der Waals surface area contributed by atoms with Crippen LogP contribution in [-0.4, -0.2) is 15.9 Å². The van der Waals surface area contributed by atoms with Crippen LogP contribution in [-0.2, 0) is 31.3 Å². The molecule has 3 aromatic rings. The fourth-order valence-corrected chi connectivity index (χ4v) is 6.06. The molecule has 42 heavy (non-hydrogen) atoms. The molecule has 0 atom stereocenters. The molecule has 0 saturated heterocycles. The Bertz CT molecular complexity index is 1390. The van der Waals surface area contributed by atoms with E-state index in [1.807, 2.05) is 46.8 Å². The Labute approximate surface area is 273 Å². The monoisotopic (exact) mass is 750 g/mol. The van der Waals surface area contributed by atoms with Crippen molar-refractivity contribution in [1.82, 2.24) is 4.98 Å². The van der Waals surface area contributed by atoms with Gasteiger partial charge in [-0.2, -0.15) is 0 Å². The normalized spacial score (nSPS) is 15.7. The van der Waals surface area contributed by atoms with Crippen LogP contribution in [0.5, 0.6) is 0 Å². The third kappa shape index (κ3) is 10.5. The first-order chi connectivity index (χ1) is 21.0. The van der Waals surface area contributed by atoms with E-state index in [1.54, 1.807) is 6.07 Å². The van der Waals surface area contributed by atoms with Crippen LogP contribution >= 0.6 is 0 Å². The number of hydrogen-bond donors (Lipinski definition) is 1. The zero-order valence-electron chi connectivity index (χ0n) is 29.3. The van der Waals surface area contributed by atoms with E-state index in [4.69, 9.17) is 9.10 Å². The van der Waals surface area contributed by atoms with Gasteiger partial charge in [0.25, 0.3) is 0 Å². The molecule has 4 heteroatoms. The summed E-state index contributed by atoms with van der Waals surface area (Å²) in [5, 5.41) is 11.0. The second-order valence-electron chi connectivity index (χ2n) is 11.7. The van der Waals surface area contributed by atoms with Crippen molar-refractivity contribution >= 4 is 16.7 Å². The van der Waals surface area contributed by atoms with Crippen LogP contribution in [0.1, 0.15) is 113 Å². The number of fused-ring (bicyclic) bond motifs is 1. The van der Waals surface area contributed by atoms with Gasteiger partial charge in [-0.25, -0.2) is 0 Å². The van der Waals surface area contributed by atoms with Gasteiger partial charge in [0, 0.05) is 47.5 Å². The maximum absolute atomic E-state index is 11.7. The first-order valence-electron chi connectivity index (χ1n) is 17.4. The van der Waals surface area contributed by atoms with Gasteiger partial charge < -0.3 is 5.11 Å². The number of aliphatic hydroxyl groups excluding tert-OH is 1. The fraction of sp³-hybridized carbons (Fsp3) is 0.526. The number of hydrogen-bond acceptors (Lipinski definition) is 3. The van der Waals surface area contributed by atoms with Gasteiger partial charge in [0.15, 0.2) is 5.78 Å². The van der Waals surface area contributed by atoms with Crippen molar-refractivity contribution in [2.45, 2.75) is 112 Å². The number of ketones is 1. The topological polar surface area (TPSA) is 50.2 Å². The Morgan fingerprint density at radius 3 is 2.29 bits per heavy atom. The Morgan fingerprint density at radius 1 is 1.00 bits per heavy atom. The SMILES string of the molecule is CCC(CC)C(=O)C=C(O)C(CC)CC.[2H]C([2H])([2H])c1[c-]c(-c2ccc3c(CC4CCCCCC4)cccc3n2)cc(C)c1.[Ir]. The average molecular weight is 750 g/mol. The van der Waals surface area contributed by atoms with E-state index >= 15 is 0 Å². The van der Waals surface area contributed by atoms with Crippen molar-refractivity contribution in [2.75, 3.05) is 0 Å². The number of aliphatic hydroxyl groups is 1. The molecule has 0 bridgehead atoms. The van der Waals surface area contributed by atoms with Gasteiger partial charge in [0.05, 0.1) is 11.3 Å². The van der Waals surface area contributed by atoms with E-state index in [0.29, 0.717) is 0 Å². The molecule has 1 fully saturated rings. The van der Waals surface area contributed by atoms with Crippen molar-refractivity contribution < 1.29 is 34.1 Å². The van der Waals surface area contributed by atoms with Gasteiger partial charge in [-0.15, -0.1) is 34.9 Å². The maximum atomic E-state index is 11.7. The number of nitrogens with zero attached hydrogens (tertiary/aromatic N) is 1. The predicted molar refractivity (Wildman–Crippen MR) is 174 cm³/mol. The molecule has 4 rings (SSSR count). The number of rotatable bonds is 10. The van der Waals surface area contributed by atoms with Crippen molar-refractivity contribution in [2.24, 2.45) is 17.8 Å². The molecular weight excluding hydrogens is 695 g/mol. The zero-order valence-corrected chi connectivity index (χ0v) is 28.7. The molecule has 1 heterocycles. The van der Waals surface area contributed by atoms with Gasteiger partial charge in [0.2, 0.25) is 0 Å². The smallest absolute Gasteiger partial charge is 0.162 e. The van der Waals surface area contributed by atoms with E-state index < -0.39 is 6.85 Å². The molecule has 0 aliphatic heterocycles. The average Bonchev–Trinajstić information content (AvgIpc) is 3.26. The first-order valence-corrected chi connectivity index (χ1v) is 15.9. The molecule has 0 amide bonds. The molecule has 1 aromatic heterocycles. The molecule has 231 valence electrons. The molecule has 1 radical (unpaired) electrons. The Hall–Kier alpha value is -2.29. The van der Waals surface area contributed by atoms with Crippen molar-refractivity contribution in [1.29, 1.82) is 0 Å². The number of benzene rings is 2. The molecular formula is C38H52IrNO2-. The van der Waals surface area contributed by atoms with Crippen LogP contribution in [0.3, 0.4) is 0 Å². The second-order valence-corrected chi connectivity index (χ2v) is 11.7. The van der Waals surface area contributed by atoms with Gasteiger partial charge >= 0.3 is 0 Å². The zero-order chi connectivity index (χ0) is 32.3.